The fourth-order valence-electron chi connectivity index (χ4n) is 4.44. The topological polar surface area (TPSA) is 58.1 Å². The lowest BCUT2D eigenvalue weighted by molar-refractivity contribution is -0.133. The van der Waals surface area contributed by atoms with Crippen molar-refractivity contribution < 1.29 is 9.47 Å². The summed E-state index contributed by atoms with van der Waals surface area (Å²) in [4.78, 5) is 6.92. The molecule has 160 valence electrons. The Hall–Kier alpha value is -0.120. The van der Waals surface area contributed by atoms with E-state index in [0.717, 1.165) is 71.1 Å². The molecule has 1 saturated carbocycles. The van der Waals surface area contributed by atoms with Crippen LogP contribution in [0.25, 0.3) is 0 Å². The Labute approximate surface area is 183 Å². The van der Waals surface area contributed by atoms with Gasteiger partial charge in [-0.05, 0) is 45.6 Å². The first kappa shape index (κ1) is 24.9. The number of nitrogens with zero attached hydrogens (tertiary/aromatic N) is 2. The van der Waals surface area contributed by atoms with Crippen LogP contribution in [-0.4, -0.2) is 76.1 Å². The molecule has 1 aliphatic carbocycles. The largest absolute Gasteiger partial charge is 0.379 e. The average molecular weight is 496 g/mol. The van der Waals surface area contributed by atoms with Crippen molar-refractivity contribution in [3.63, 3.8) is 0 Å². The van der Waals surface area contributed by atoms with Crippen LogP contribution in [0, 0.1) is 5.41 Å². The van der Waals surface area contributed by atoms with Crippen molar-refractivity contribution in [3.05, 3.63) is 0 Å². The molecular formula is C20H41IN4O2. The fourth-order valence-corrected chi connectivity index (χ4v) is 4.44. The number of hydrogen-bond acceptors (Lipinski definition) is 4. The lowest BCUT2D eigenvalue weighted by Gasteiger charge is -2.55. The molecular weight excluding hydrogens is 455 g/mol. The Morgan fingerprint density at radius 1 is 1.19 bits per heavy atom. The number of guanidine groups is 1. The number of ether oxygens (including phenoxy) is 2. The maximum atomic E-state index is 5.98. The van der Waals surface area contributed by atoms with E-state index in [0.29, 0.717) is 12.1 Å². The molecule has 6 nitrogen and oxygen atoms in total. The van der Waals surface area contributed by atoms with Gasteiger partial charge in [-0.25, -0.2) is 0 Å². The van der Waals surface area contributed by atoms with Crippen LogP contribution >= 0.6 is 24.0 Å². The van der Waals surface area contributed by atoms with Crippen molar-refractivity contribution in [2.75, 3.05) is 53.0 Å². The molecule has 0 aromatic carbocycles. The molecule has 0 aromatic heterocycles. The first-order valence-corrected chi connectivity index (χ1v) is 10.6. The number of unbranched alkanes of at least 4 members (excludes halogenated alkanes) is 1. The van der Waals surface area contributed by atoms with E-state index in [1.54, 1.807) is 0 Å². The predicted molar refractivity (Wildman–Crippen MR) is 123 cm³/mol. The third-order valence-electron chi connectivity index (χ3n) is 6.30. The first-order valence-electron chi connectivity index (χ1n) is 10.6. The molecule has 2 atom stereocenters. The quantitative estimate of drug-likeness (QED) is 0.211. The molecule has 0 spiro atoms. The molecule has 2 unspecified atom stereocenters. The smallest absolute Gasteiger partial charge is 0.191 e. The average Bonchev–Trinajstić information content (AvgIpc) is 2.67. The number of halogens is 1. The molecule has 2 N–H and O–H groups in total. The Kier molecular flexibility index (Phi) is 12.2. The van der Waals surface area contributed by atoms with Crippen LogP contribution in [0.2, 0.25) is 0 Å². The van der Waals surface area contributed by atoms with E-state index in [-0.39, 0.29) is 29.4 Å². The second-order valence-electron chi connectivity index (χ2n) is 7.48. The molecule has 2 rings (SSSR count). The summed E-state index contributed by atoms with van der Waals surface area (Å²) in [6.07, 6.45) is 6.12. The SMILES string of the molecule is CCOC1CC(NC(=NC)NCCCCN2CCOCC2)C1(CC)CC.I. The summed E-state index contributed by atoms with van der Waals surface area (Å²) in [5.74, 6) is 0.933. The standard InChI is InChI=1S/C20H40N4O2.HI/c1-5-20(6-2)17(16-18(20)26-7-3)23-19(21-4)22-10-8-9-11-24-12-14-25-15-13-24;/h17-18H,5-16H2,1-4H3,(H2,21,22,23);1H. The molecule has 1 saturated heterocycles. The number of morpholine rings is 1. The zero-order valence-electron chi connectivity index (χ0n) is 17.8. The van der Waals surface area contributed by atoms with Crippen molar-refractivity contribution in [3.8, 4) is 0 Å². The lowest BCUT2D eigenvalue weighted by atomic mass is 9.58. The van der Waals surface area contributed by atoms with E-state index in [9.17, 15) is 0 Å². The highest BCUT2D eigenvalue weighted by Gasteiger charge is 2.53. The third kappa shape index (κ3) is 6.72. The van der Waals surface area contributed by atoms with Gasteiger partial charge in [0.25, 0.3) is 0 Å². The second kappa shape index (κ2) is 13.2. The minimum absolute atomic E-state index is 0. The van der Waals surface area contributed by atoms with Crippen LogP contribution in [0.3, 0.4) is 0 Å². The third-order valence-corrected chi connectivity index (χ3v) is 6.30. The number of hydrogen-bond donors (Lipinski definition) is 2. The predicted octanol–water partition coefficient (Wildman–Crippen LogP) is 2.87. The summed E-state index contributed by atoms with van der Waals surface area (Å²) in [6.45, 7) is 13.5. The fraction of sp³-hybridized carbons (Fsp3) is 0.950. The van der Waals surface area contributed by atoms with Crippen LogP contribution in [0.4, 0.5) is 0 Å². The van der Waals surface area contributed by atoms with Gasteiger partial charge in [-0.1, -0.05) is 13.8 Å². The van der Waals surface area contributed by atoms with E-state index < -0.39 is 0 Å². The molecule has 0 bridgehead atoms. The van der Waals surface area contributed by atoms with E-state index in [4.69, 9.17) is 9.47 Å². The van der Waals surface area contributed by atoms with Gasteiger partial charge in [0.2, 0.25) is 0 Å². The molecule has 2 fully saturated rings. The molecule has 7 heteroatoms. The van der Waals surface area contributed by atoms with Gasteiger partial charge in [0.1, 0.15) is 0 Å². The number of rotatable bonds is 10. The molecule has 0 amide bonds. The maximum Gasteiger partial charge on any atom is 0.191 e. The van der Waals surface area contributed by atoms with Gasteiger partial charge in [0, 0.05) is 44.7 Å². The Morgan fingerprint density at radius 2 is 1.89 bits per heavy atom. The van der Waals surface area contributed by atoms with Gasteiger partial charge in [0.05, 0.1) is 19.3 Å². The van der Waals surface area contributed by atoms with Crippen molar-refractivity contribution in [2.45, 2.75) is 65.0 Å². The van der Waals surface area contributed by atoms with Crippen molar-refractivity contribution in [2.24, 2.45) is 10.4 Å². The summed E-state index contributed by atoms with van der Waals surface area (Å²) in [5, 5.41) is 7.15. The van der Waals surface area contributed by atoms with Crippen LogP contribution < -0.4 is 10.6 Å². The highest BCUT2D eigenvalue weighted by Crippen LogP contribution is 2.48. The molecule has 0 aromatic rings. The van der Waals surface area contributed by atoms with Crippen molar-refractivity contribution in [1.29, 1.82) is 0 Å². The lowest BCUT2D eigenvalue weighted by Crippen LogP contribution is -2.65. The zero-order chi connectivity index (χ0) is 18.8. The minimum Gasteiger partial charge on any atom is -0.379 e. The number of nitrogens with one attached hydrogen (secondary N) is 2. The molecule has 1 heterocycles. The minimum atomic E-state index is 0. The van der Waals surface area contributed by atoms with E-state index in [1.807, 2.05) is 7.05 Å². The van der Waals surface area contributed by atoms with Crippen molar-refractivity contribution >= 4 is 29.9 Å². The van der Waals surface area contributed by atoms with Crippen LogP contribution in [-0.2, 0) is 9.47 Å². The second-order valence-corrected chi connectivity index (χ2v) is 7.48. The van der Waals surface area contributed by atoms with E-state index in [2.05, 4.69) is 41.3 Å². The highest BCUT2D eigenvalue weighted by molar-refractivity contribution is 14.0. The summed E-state index contributed by atoms with van der Waals surface area (Å²) in [7, 11) is 1.86. The van der Waals surface area contributed by atoms with Gasteiger partial charge in [-0.3, -0.25) is 9.89 Å². The van der Waals surface area contributed by atoms with Gasteiger partial charge in [-0.15, -0.1) is 24.0 Å². The Morgan fingerprint density at radius 3 is 2.48 bits per heavy atom. The van der Waals surface area contributed by atoms with Crippen LogP contribution in [0.5, 0.6) is 0 Å². The zero-order valence-corrected chi connectivity index (χ0v) is 20.1. The van der Waals surface area contributed by atoms with E-state index >= 15 is 0 Å². The van der Waals surface area contributed by atoms with Crippen LogP contribution in [0.1, 0.15) is 52.9 Å². The summed E-state index contributed by atoms with van der Waals surface area (Å²) in [6, 6.07) is 0.452. The highest BCUT2D eigenvalue weighted by atomic mass is 127. The number of aliphatic imine (C=N–C) groups is 1. The van der Waals surface area contributed by atoms with Gasteiger partial charge >= 0.3 is 0 Å². The van der Waals surface area contributed by atoms with Crippen LogP contribution in [0.15, 0.2) is 4.99 Å². The first-order chi connectivity index (χ1) is 12.7. The molecule has 1 aliphatic heterocycles. The van der Waals surface area contributed by atoms with E-state index in [1.165, 1.54) is 13.0 Å². The molecule has 2 aliphatic rings. The monoisotopic (exact) mass is 496 g/mol. The summed E-state index contributed by atoms with van der Waals surface area (Å²) < 4.78 is 11.4. The molecule has 0 radical (unpaired) electrons. The summed E-state index contributed by atoms with van der Waals surface area (Å²) in [5.41, 5.74) is 0.240. The normalized spacial score (nSPS) is 25.4. The van der Waals surface area contributed by atoms with Crippen molar-refractivity contribution in [1.82, 2.24) is 15.5 Å². The summed E-state index contributed by atoms with van der Waals surface area (Å²) >= 11 is 0. The Bertz CT molecular complexity index is 426. The van der Waals surface area contributed by atoms with Gasteiger partial charge in [-0.2, -0.15) is 0 Å². The van der Waals surface area contributed by atoms with Gasteiger partial charge in [0.15, 0.2) is 5.96 Å². The van der Waals surface area contributed by atoms with Gasteiger partial charge < -0.3 is 20.1 Å². The molecule has 27 heavy (non-hydrogen) atoms. The Balaban J connectivity index is 0.00000364. The maximum absolute atomic E-state index is 5.98.